The number of benzene rings is 2. The third-order valence-electron chi connectivity index (χ3n) is 4.75. The van der Waals surface area contributed by atoms with Gasteiger partial charge in [0.05, 0.1) is 5.69 Å². The molecule has 0 bridgehead atoms. The number of aromatic nitrogens is 1. The SMILES string of the molecule is Cc1nc(-c2ccccc2)sc1C(=O)O[C@@H](C)C(=O)N[C@H](C)CCc1ccccc1. The molecule has 156 valence electrons. The molecular weight excluding hydrogens is 396 g/mol. The minimum atomic E-state index is -0.877. The van der Waals surface area contributed by atoms with Crippen molar-refractivity contribution in [1.29, 1.82) is 0 Å². The Morgan fingerprint density at radius 1 is 1.03 bits per heavy atom. The number of carbonyl (C=O) groups is 2. The van der Waals surface area contributed by atoms with E-state index < -0.39 is 12.1 Å². The molecular formula is C24H26N2O3S. The second kappa shape index (κ2) is 10.2. The quantitative estimate of drug-likeness (QED) is 0.530. The number of carbonyl (C=O) groups excluding carboxylic acids is 2. The molecule has 0 aliphatic rings. The zero-order chi connectivity index (χ0) is 21.5. The lowest BCUT2D eigenvalue weighted by Gasteiger charge is -2.18. The van der Waals surface area contributed by atoms with Crippen molar-refractivity contribution in [3.8, 4) is 10.6 Å². The van der Waals surface area contributed by atoms with E-state index in [0.29, 0.717) is 10.6 Å². The van der Waals surface area contributed by atoms with Crippen molar-refractivity contribution in [1.82, 2.24) is 10.3 Å². The van der Waals surface area contributed by atoms with Crippen molar-refractivity contribution < 1.29 is 14.3 Å². The molecule has 1 N–H and O–H groups in total. The Hall–Kier alpha value is -2.99. The van der Waals surface area contributed by atoms with E-state index in [-0.39, 0.29) is 11.9 Å². The Morgan fingerprint density at radius 3 is 2.33 bits per heavy atom. The molecule has 0 saturated carbocycles. The summed E-state index contributed by atoms with van der Waals surface area (Å²) in [5.41, 5.74) is 2.78. The van der Waals surface area contributed by atoms with Crippen LogP contribution in [0.15, 0.2) is 60.7 Å². The molecule has 1 heterocycles. The van der Waals surface area contributed by atoms with E-state index in [2.05, 4.69) is 22.4 Å². The topological polar surface area (TPSA) is 68.3 Å². The highest BCUT2D eigenvalue weighted by Gasteiger charge is 2.23. The van der Waals surface area contributed by atoms with Gasteiger partial charge in [0.1, 0.15) is 9.88 Å². The van der Waals surface area contributed by atoms with Crippen LogP contribution in [0.1, 0.15) is 41.2 Å². The second-order valence-electron chi connectivity index (χ2n) is 7.28. The smallest absolute Gasteiger partial charge is 0.351 e. The minimum absolute atomic E-state index is 0.0197. The molecule has 0 fully saturated rings. The lowest BCUT2D eigenvalue weighted by atomic mass is 10.1. The Balaban J connectivity index is 1.53. The largest absolute Gasteiger partial charge is 0.448 e. The van der Waals surface area contributed by atoms with Gasteiger partial charge in [-0.2, -0.15) is 0 Å². The number of nitrogens with one attached hydrogen (secondary N) is 1. The van der Waals surface area contributed by atoms with Gasteiger partial charge in [0.15, 0.2) is 6.10 Å². The maximum Gasteiger partial charge on any atom is 0.351 e. The van der Waals surface area contributed by atoms with Gasteiger partial charge in [-0.3, -0.25) is 4.79 Å². The van der Waals surface area contributed by atoms with Crippen molar-refractivity contribution in [3.63, 3.8) is 0 Å². The van der Waals surface area contributed by atoms with E-state index in [9.17, 15) is 9.59 Å². The van der Waals surface area contributed by atoms with Crippen molar-refractivity contribution in [2.24, 2.45) is 0 Å². The highest BCUT2D eigenvalue weighted by molar-refractivity contribution is 7.17. The third kappa shape index (κ3) is 5.76. The molecule has 0 unspecified atom stereocenters. The first-order valence-electron chi connectivity index (χ1n) is 10.0. The Bertz CT molecular complexity index is 986. The van der Waals surface area contributed by atoms with Gasteiger partial charge < -0.3 is 10.1 Å². The molecule has 30 heavy (non-hydrogen) atoms. The molecule has 0 saturated heterocycles. The molecule has 0 radical (unpaired) electrons. The van der Waals surface area contributed by atoms with Gasteiger partial charge in [-0.25, -0.2) is 9.78 Å². The molecule has 3 aromatic rings. The zero-order valence-corrected chi connectivity index (χ0v) is 18.2. The molecule has 0 spiro atoms. The summed E-state index contributed by atoms with van der Waals surface area (Å²) >= 11 is 1.28. The van der Waals surface area contributed by atoms with E-state index in [1.807, 2.05) is 55.5 Å². The highest BCUT2D eigenvalue weighted by Crippen LogP contribution is 2.28. The van der Waals surface area contributed by atoms with Gasteiger partial charge in [0, 0.05) is 11.6 Å². The lowest BCUT2D eigenvalue weighted by Crippen LogP contribution is -2.41. The molecule has 0 aliphatic carbocycles. The van der Waals surface area contributed by atoms with Gasteiger partial charge in [0.2, 0.25) is 0 Å². The zero-order valence-electron chi connectivity index (χ0n) is 17.4. The normalized spacial score (nSPS) is 12.8. The maximum atomic E-state index is 12.6. The van der Waals surface area contributed by atoms with Crippen molar-refractivity contribution in [2.75, 3.05) is 0 Å². The number of rotatable bonds is 8. The van der Waals surface area contributed by atoms with E-state index in [4.69, 9.17) is 4.74 Å². The third-order valence-corrected chi connectivity index (χ3v) is 5.94. The van der Waals surface area contributed by atoms with Gasteiger partial charge in [-0.15, -0.1) is 11.3 Å². The maximum absolute atomic E-state index is 12.6. The number of amides is 1. The Kier molecular flexibility index (Phi) is 7.36. The number of nitrogens with zero attached hydrogens (tertiary/aromatic N) is 1. The number of ether oxygens (including phenoxy) is 1. The van der Waals surface area contributed by atoms with Crippen LogP contribution in [0.2, 0.25) is 0 Å². The summed E-state index contributed by atoms with van der Waals surface area (Å²) in [5, 5.41) is 3.68. The fourth-order valence-corrected chi connectivity index (χ4v) is 3.97. The van der Waals surface area contributed by atoms with Gasteiger partial charge in [-0.05, 0) is 39.2 Å². The number of aryl methyl sites for hydroxylation is 2. The first-order chi connectivity index (χ1) is 14.4. The second-order valence-corrected chi connectivity index (χ2v) is 8.28. The Labute approximate surface area is 181 Å². The fourth-order valence-electron chi connectivity index (χ4n) is 3.02. The standard InChI is InChI=1S/C24H26N2O3S/c1-16(14-15-19-10-6-4-7-11-19)25-22(27)18(3)29-24(28)21-17(2)26-23(30-21)20-12-8-5-9-13-20/h4-13,16,18H,14-15H2,1-3H3,(H,25,27)/t16-,18+/m1/s1. The molecule has 1 amide bonds. The monoisotopic (exact) mass is 422 g/mol. The highest BCUT2D eigenvalue weighted by atomic mass is 32.1. The molecule has 2 atom stereocenters. The van der Waals surface area contributed by atoms with E-state index in [1.165, 1.54) is 16.9 Å². The number of hydrogen-bond acceptors (Lipinski definition) is 5. The Morgan fingerprint density at radius 2 is 1.67 bits per heavy atom. The summed E-state index contributed by atoms with van der Waals surface area (Å²) in [7, 11) is 0. The summed E-state index contributed by atoms with van der Waals surface area (Å²) in [6, 6.07) is 19.8. The number of hydrogen-bond donors (Lipinski definition) is 1. The van der Waals surface area contributed by atoms with Crippen LogP contribution >= 0.6 is 11.3 Å². The van der Waals surface area contributed by atoms with Crippen LogP contribution in [0.5, 0.6) is 0 Å². The van der Waals surface area contributed by atoms with E-state index in [1.54, 1.807) is 13.8 Å². The van der Waals surface area contributed by atoms with Crippen LogP contribution in [0.3, 0.4) is 0 Å². The minimum Gasteiger partial charge on any atom is -0.448 e. The van der Waals surface area contributed by atoms with Gasteiger partial charge in [0.25, 0.3) is 5.91 Å². The molecule has 5 nitrogen and oxygen atoms in total. The summed E-state index contributed by atoms with van der Waals surface area (Å²) in [5.74, 6) is -0.818. The van der Waals surface area contributed by atoms with Crippen LogP contribution in [-0.2, 0) is 16.0 Å². The number of esters is 1. The van der Waals surface area contributed by atoms with Gasteiger partial charge in [-0.1, -0.05) is 60.7 Å². The van der Waals surface area contributed by atoms with Crippen LogP contribution in [0.4, 0.5) is 0 Å². The van der Waals surface area contributed by atoms with Crippen LogP contribution in [-0.4, -0.2) is 29.0 Å². The summed E-state index contributed by atoms with van der Waals surface area (Å²) in [6.07, 6.45) is 0.808. The number of thiazole rings is 1. The van der Waals surface area contributed by atoms with Crippen LogP contribution in [0, 0.1) is 6.92 Å². The average Bonchev–Trinajstić information content (AvgIpc) is 3.15. The van der Waals surface area contributed by atoms with Crippen molar-refractivity contribution in [3.05, 3.63) is 76.8 Å². The average molecular weight is 423 g/mol. The first-order valence-corrected chi connectivity index (χ1v) is 10.8. The van der Waals surface area contributed by atoms with Crippen LogP contribution < -0.4 is 5.32 Å². The molecule has 0 aliphatic heterocycles. The molecule has 2 aromatic carbocycles. The van der Waals surface area contributed by atoms with E-state index >= 15 is 0 Å². The summed E-state index contributed by atoms with van der Waals surface area (Å²) in [4.78, 5) is 29.9. The van der Waals surface area contributed by atoms with Gasteiger partial charge >= 0.3 is 5.97 Å². The predicted octanol–water partition coefficient (Wildman–Crippen LogP) is 4.80. The molecule has 3 rings (SSSR count). The molecule has 1 aromatic heterocycles. The van der Waals surface area contributed by atoms with E-state index in [0.717, 1.165) is 23.4 Å². The summed E-state index contributed by atoms with van der Waals surface area (Å²) in [6.45, 7) is 5.32. The lowest BCUT2D eigenvalue weighted by molar-refractivity contribution is -0.129. The van der Waals surface area contributed by atoms with Crippen molar-refractivity contribution >= 4 is 23.2 Å². The first kappa shape index (κ1) is 21.7. The predicted molar refractivity (Wildman–Crippen MR) is 120 cm³/mol. The van der Waals surface area contributed by atoms with Crippen LogP contribution in [0.25, 0.3) is 10.6 Å². The van der Waals surface area contributed by atoms with Crippen molar-refractivity contribution in [2.45, 2.75) is 45.8 Å². The molecule has 6 heteroatoms. The fraction of sp³-hybridized carbons (Fsp3) is 0.292. The summed E-state index contributed by atoms with van der Waals surface area (Å²) < 4.78 is 5.41.